The Labute approximate surface area is 154 Å². The van der Waals surface area contributed by atoms with E-state index in [1.807, 2.05) is 35.1 Å². The summed E-state index contributed by atoms with van der Waals surface area (Å²) in [4.78, 5) is 2.26. The molecule has 26 heavy (non-hydrogen) atoms. The molecule has 3 aromatic rings. The molecule has 4 rings (SSSR count). The molecule has 0 N–H and O–H groups in total. The van der Waals surface area contributed by atoms with Crippen molar-refractivity contribution in [2.75, 3.05) is 4.90 Å². The first-order valence-electron chi connectivity index (χ1n) is 8.65. The smallest absolute Gasteiger partial charge is 0.147 e. The fourth-order valence-corrected chi connectivity index (χ4v) is 3.14. The van der Waals surface area contributed by atoms with E-state index in [9.17, 15) is 0 Å². The molecule has 0 saturated heterocycles. The molecule has 3 aromatic carbocycles. The highest BCUT2D eigenvalue weighted by molar-refractivity contribution is 5.76. The average molecular weight is 336 g/mol. The van der Waals surface area contributed by atoms with E-state index in [0.717, 1.165) is 28.7 Å². The zero-order chi connectivity index (χ0) is 17.8. The summed E-state index contributed by atoms with van der Waals surface area (Å²) >= 11 is 0. The Hall–Kier alpha value is -3.52. The summed E-state index contributed by atoms with van der Waals surface area (Å²) < 4.78 is 1.90. The first-order valence-corrected chi connectivity index (χ1v) is 8.65. The van der Waals surface area contributed by atoms with Gasteiger partial charge in [-0.25, -0.2) is 0 Å². The van der Waals surface area contributed by atoms with E-state index < -0.39 is 0 Å². The van der Waals surface area contributed by atoms with Crippen LogP contribution in [0, 0.1) is 6.04 Å². The van der Waals surface area contributed by atoms with Gasteiger partial charge >= 0.3 is 0 Å². The molecule has 0 fully saturated rings. The number of hydrogen-bond acceptors (Lipinski definition) is 1. The van der Waals surface area contributed by atoms with E-state index in [2.05, 4.69) is 90.5 Å². The molecular formula is C24H20N2. The Morgan fingerprint density at radius 2 is 1.31 bits per heavy atom. The van der Waals surface area contributed by atoms with Crippen LogP contribution in [0.5, 0.6) is 0 Å². The van der Waals surface area contributed by atoms with Crippen molar-refractivity contribution in [3.05, 3.63) is 121 Å². The van der Waals surface area contributed by atoms with Gasteiger partial charge in [0.05, 0.1) is 6.72 Å². The van der Waals surface area contributed by atoms with Gasteiger partial charge in [0.15, 0.2) is 0 Å². The van der Waals surface area contributed by atoms with Crippen LogP contribution in [0.3, 0.4) is 0 Å². The topological polar surface area (TPSA) is 6.25 Å². The molecule has 0 saturated carbocycles. The third-order valence-corrected chi connectivity index (χ3v) is 4.37. The second-order valence-electron chi connectivity index (χ2n) is 6.11. The van der Waals surface area contributed by atoms with Gasteiger partial charge in [0, 0.05) is 17.1 Å². The monoisotopic (exact) mass is 336 g/mol. The predicted molar refractivity (Wildman–Crippen MR) is 109 cm³/mol. The van der Waals surface area contributed by atoms with Crippen LogP contribution >= 0.6 is 0 Å². The van der Waals surface area contributed by atoms with E-state index in [1.165, 1.54) is 0 Å². The number of nitrogens with zero attached hydrogens (tertiary/aromatic N) is 2. The summed E-state index contributed by atoms with van der Waals surface area (Å²) in [7, 11) is 0. The highest BCUT2D eigenvalue weighted by Crippen LogP contribution is 2.35. The zero-order valence-electron chi connectivity index (χ0n) is 14.5. The van der Waals surface area contributed by atoms with Crippen molar-refractivity contribution in [1.82, 2.24) is 0 Å². The summed E-state index contributed by atoms with van der Waals surface area (Å²) in [5.74, 6) is 0. The fraction of sp³-hybridized carbons (Fsp3) is 0. The Morgan fingerprint density at radius 1 is 0.692 bits per heavy atom. The molecule has 0 aliphatic carbocycles. The van der Waals surface area contributed by atoms with Gasteiger partial charge in [0.25, 0.3) is 0 Å². The van der Waals surface area contributed by atoms with Crippen molar-refractivity contribution in [2.45, 2.75) is 0 Å². The first kappa shape index (κ1) is 16.0. The standard InChI is InChI=1S/C24H20N2/c1-25-18-9-8-17-24(25)20-11-10-16-23(19-20)26(21-12-4-2-5-13-21)22-14-6-3-7-15-22/h2-19H,1H2. The molecule has 0 aromatic heterocycles. The van der Waals surface area contributed by atoms with Gasteiger partial charge in [-0.3, -0.25) is 4.58 Å². The molecule has 1 aliphatic heterocycles. The van der Waals surface area contributed by atoms with Crippen LogP contribution in [0.25, 0.3) is 0 Å². The number of rotatable bonds is 4. The van der Waals surface area contributed by atoms with Crippen LogP contribution in [0.1, 0.15) is 5.56 Å². The Balaban J connectivity index is 1.80. The molecule has 126 valence electrons. The molecule has 2 nitrogen and oxygen atoms in total. The lowest BCUT2D eigenvalue weighted by Crippen LogP contribution is -2.14. The minimum Gasteiger partial charge on any atom is -0.316 e. The van der Waals surface area contributed by atoms with Crippen molar-refractivity contribution in [2.24, 2.45) is 0 Å². The molecule has 0 amide bonds. The van der Waals surface area contributed by atoms with E-state index in [-0.39, 0.29) is 0 Å². The van der Waals surface area contributed by atoms with Gasteiger partial charge in [-0.1, -0.05) is 60.7 Å². The van der Waals surface area contributed by atoms with Crippen molar-refractivity contribution < 1.29 is 4.58 Å². The highest BCUT2D eigenvalue weighted by atomic mass is 15.1. The average Bonchev–Trinajstić information content (AvgIpc) is 2.70. The molecule has 0 radical (unpaired) electrons. The van der Waals surface area contributed by atoms with Crippen molar-refractivity contribution >= 4 is 23.8 Å². The lowest BCUT2D eigenvalue weighted by Gasteiger charge is -2.27. The number of anilines is 3. The van der Waals surface area contributed by atoms with Crippen LogP contribution in [0.4, 0.5) is 17.1 Å². The maximum atomic E-state index is 4.09. The normalized spacial score (nSPS) is 13.1. The molecule has 0 bridgehead atoms. The number of hydrogen-bond donors (Lipinski definition) is 0. The van der Waals surface area contributed by atoms with E-state index in [0.29, 0.717) is 0 Å². The Kier molecular flexibility index (Phi) is 4.40. The second kappa shape index (κ2) is 7.16. The predicted octanol–water partition coefficient (Wildman–Crippen LogP) is 5.83. The van der Waals surface area contributed by atoms with Crippen LogP contribution in [-0.2, 0) is 0 Å². The van der Waals surface area contributed by atoms with Crippen LogP contribution in [0.2, 0.25) is 0 Å². The minimum absolute atomic E-state index is 1.08. The highest BCUT2D eigenvalue weighted by Gasteiger charge is 2.16. The van der Waals surface area contributed by atoms with Gasteiger partial charge < -0.3 is 4.90 Å². The number of para-hydroxylation sites is 2. The Bertz CT molecular complexity index is 916. The van der Waals surface area contributed by atoms with Crippen molar-refractivity contribution in [1.29, 1.82) is 0 Å². The zero-order valence-corrected chi connectivity index (χ0v) is 14.5. The number of allylic oxidation sites excluding steroid dienone is 2. The summed E-state index contributed by atoms with van der Waals surface area (Å²) in [5.41, 5.74) is 4.51. The molecule has 1 aliphatic rings. The van der Waals surface area contributed by atoms with Crippen molar-refractivity contribution in [3.63, 3.8) is 0 Å². The summed E-state index contributed by atoms with van der Waals surface area (Å²) in [6.45, 7) is 4.09. The second-order valence-corrected chi connectivity index (χ2v) is 6.11. The molecule has 0 unspecified atom stereocenters. The first-order chi connectivity index (χ1) is 12.8. The van der Waals surface area contributed by atoms with E-state index in [4.69, 9.17) is 0 Å². The molecule has 0 atom stereocenters. The lowest BCUT2D eigenvalue weighted by atomic mass is 10.0. The lowest BCUT2D eigenvalue weighted by molar-refractivity contribution is -0.417. The maximum Gasteiger partial charge on any atom is 0.147 e. The van der Waals surface area contributed by atoms with Gasteiger partial charge in [0.1, 0.15) is 12.2 Å². The minimum atomic E-state index is 1.08. The fourth-order valence-electron chi connectivity index (χ4n) is 3.14. The molecule has 0 spiro atoms. The third-order valence-electron chi connectivity index (χ3n) is 4.37. The van der Waals surface area contributed by atoms with E-state index >= 15 is 0 Å². The Morgan fingerprint density at radius 3 is 1.92 bits per heavy atom. The van der Waals surface area contributed by atoms with Gasteiger partial charge in [-0.15, -0.1) is 12.1 Å². The van der Waals surface area contributed by atoms with Crippen LogP contribution < -0.4 is 4.90 Å². The summed E-state index contributed by atoms with van der Waals surface area (Å²) in [6.07, 6.45) is 8.08. The van der Waals surface area contributed by atoms with Gasteiger partial charge in [-0.2, -0.15) is 0 Å². The number of benzene rings is 3. The van der Waals surface area contributed by atoms with Crippen molar-refractivity contribution in [3.8, 4) is 0 Å². The van der Waals surface area contributed by atoms with E-state index in [1.54, 1.807) is 0 Å². The van der Waals surface area contributed by atoms with Crippen LogP contribution in [0.15, 0.2) is 109 Å². The van der Waals surface area contributed by atoms with Crippen LogP contribution in [-0.4, -0.2) is 11.3 Å². The summed E-state index contributed by atoms with van der Waals surface area (Å²) in [5, 5.41) is 0. The summed E-state index contributed by atoms with van der Waals surface area (Å²) in [6, 6.07) is 30.5. The third kappa shape index (κ3) is 3.17. The maximum absolute atomic E-state index is 4.09. The molecular weight excluding hydrogens is 316 g/mol. The largest absolute Gasteiger partial charge is 0.316 e. The van der Waals surface area contributed by atoms with Gasteiger partial charge in [0.2, 0.25) is 0 Å². The molecule has 2 heteroatoms. The quantitative estimate of drug-likeness (QED) is 0.429. The van der Waals surface area contributed by atoms with Gasteiger partial charge in [-0.05, 0) is 35.9 Å². The molecule has 1 heterocycles. The SMILES string of the molecule is C=[N+]1C=CC=C[C-]1c1cccc(N(c2ccccc2)c2ccccc2)c1.